The van der Waals surface area contributed by atoms with Crippen LogP contribution in [0, 0.1) is 0 Å². The summed E-state index contributed by atoms with van der Waals surface area (Å²) in [6.45, 7) is 3.84. The topological polar surface area (TPSA) is 96.5 Å². The molecular formula is C16H31N3O4. The minimum absolute atomic E-state index is 0.0493. The minimum atomic E-state index is -0.399. The zero-order chi connectivity index (χ0) is 17.3. The molecule has 3 amide bonds. The number of unbranched alkanes of at least 4 members (excludes halogenated alkanes) is 4. The second-order valence-corrected chi connectivity index (χ2v) is 5.34. The van der Waals surface area contributed by atoms with Crippen molar-refractivity contribution in [1.29, 1.82) is 0 Å². The molecule has 0 spiro atoms. The summed E-state index contributed by atoms with van der Waals surface area (Å²) in [5, 5.41) is 8.25. The van der Waals surface area contributed by atoms with Crippen molar-refractivity contribution in [2.45, 2.75) is 58.3 Å². The first-order chi connectivity index (χ1) is 11.1. The number of nitrogens with one attached hydrogen (secondary N) is 3. The van der Waals surface area contributed by atoms with Gasteiger partial charge in [-0.25, -0.2) is 4.79 Å². The third kappa shape index (κ3) is 14.9. The van der Waals surface area contributed by atoms with Crippen LogP contribution in [-0.4, -0.2) is 44.7 Å². The molecular weight excluding hydrogens is 298 g/mol. The summed E-state index contributed by atoms with van der Waals surface area (Å²) < 4.78 is 4.47. The fourth-order valence-corrected chi connectivity index (χ4v) is 2.04. The van der Waals surface area contributed by atoms with E-state index >= 15 is 0 Å². The van der Waals surface area contributed by atoms with Crippen molar-refractivity contribution in [2.75, 3.05) is 26.7 Å². The molecule has 0 atom stereocenters. The second-order valence-electron chi connectivity index (χ2n) is 5.34. The Hall–Kier alpha value is -1.79. The van der Waals surface area contributed by atoms with Gasteiger partial charge in [0.2, 0.25) is 11.8 Å². The van der Waals surface area contributed by atoms with Gasteiger partial charge >= 0.3 is 6.09 Å². The molecule has 7 heteroatoms. The lowest BCUT2D eigenvalue weighted by atomic mass is 10.1. The van der Waals surface area contributed by atoms with E-state index in [1.807, 2.05) is 6.92 Å². The summed E-state index contributed by atoms with van der Waals surface area (Å²) in [6, 6.07) is 0. The molecule has 7 nitrogen and oxygen atoms in total. The van der Waals surface area contributed by atoms with E-state index in [9.17, 15) is 14.4 Å². The van der Waals surface area contributed by atoms with Gasteiger partial charge in [0.1, 0.15) is 0 Å². The van der Waals surface area contributed by atoms with Crippen LogP contribution >= 0.6 is 0 Å². The van der Waals surface area contributed by atoms with Crippen LogP contribution in [0.5, 0.6) is 0 Å². The normalized spacial score (nSPS) is 10.0. The van der Waals surface area contributed by atoms with E-state index in [1.54, 1.807) is 0 Å². The van der Waals surface area contributed by atoms with E-state index in [1.165, 1.54) is 7.11 Å². The van der Waals surface area contributed by atoms with Crippen molar-refractivity contribution in [2.24, 2.45) is 0 Å². The van der Waals surface area contributed by atoms with Crippen LogP contribution < -0.4 is 16.0 Å². The molecule has 23 heavy (non-hydrogen) atoms. The molecule has 0 fully saturated rings. The SMILES string of the molecule is CCNC(=O)CCCCC(=O)NCCCCCCNC(=O)OC. The summed E-state index contributed by atoms with van der Waals surface area (Å²) in [4.78, 5) is 33.6. The highest BCUT2D eigenvalue weighted by atomic mass is 16.5. The Bertz CT molecular complexity index is 348. The highest BCUT2D eigenvalue weighted by Crippen LogP contribution is 2.01. The third-order valence-corrected chi connectivity index (χ3v) is 3.31. The lowest BCUT2D eigenvalue weighted by molar-refractivity contribution is -0.123. The Morgan fingerprint density at radius 1 is 0.739 bits per heavy atom. The van der Waals surface area contributed by atoms with Gasteiger partial charge in [0.05, 0.1) is 7.11 Å². The summed E-state index contributed by atoms with van der Waals surface area (Å²) in [6.07, 6.45) is 5.90. The molecule has 3 N–H and O–H groups in total. The molecule has 0 aliphatic carbocycles. The van der Waals surface area contributed by atoms with Crippen molar-refractivity contribution >= 4 is 17.9 Å². The van der Waals surface area contributed by atoms with E-state index in [2.05, 4.69) is 20.7 Å². The maximum atomic E-state index is 11.6. The van der Waals surface area contributed by atoms with Gasteiger partial charge in [0.15, 0.2) is 0 Å². The Morgan fingerprint density at radius 3 is 1.78 bits per heavy atom. The standard InChI is InChI=1S/C16H31N3O4/c1-3-17-14(20)10-6-7-11-15(21)18-12-8-4-5-9-13-19-16(22)23-2/h3-13H2,1-2H3,(H,17,20)(H,18,21)(H,19,22). The molecule has 0 saturated carbocycles. The number of amides is 3. The number of carbonyl (C=O) groups excluding carboxylic acids is 3. The molecule has 0 rings (SSSR count). The Balaban J connectivity index is 3.30. The summed E-state index contributed by atoms with van der Waals surface area (Å²) in [7, 11) is 1.35. The number of methoxy groups -OCH3 is 1. The minimum Gasteiger partial charge on any atom is -0.453 e. The highest BCUT2D eigenvalue weighted by molar-refractivity contribution is 5.77. The first kappa shape index (κ1) is 21.2. The van der Waals surface area contributed by atoms with E-state index in [-0.39, 0.29) is 11.8 Å². The van der Waals surface area contributed by atoms with Crippen LogP contribution in [0.3, 0.4) is 0 Å². The molecule has 0 radical (unpaired) electrons. The van der Waals surface area contributed by atoms with Gasteiger partial charge in [-0.05, 0) is 32.6 Å². The Labute approximate surface area is 138 Å². The molecule has 0 saturated heterocycles. The summed E-state index contributed by atoms with van der Waals surface area (Å²) in [5.41, 5.74) is 0. The van der Waals surface area contributed by atoms with Crippen molar-refractivity contribution < 1.29 is 19.1 Å². The predicted octanol–water partition coefficient (Wildman–Crippen LogP) is 1.72. The molecule has 0 unspecified atom stereocenters. The molecule has 0 bridgehead atoms. The molecule has 0 aliphatic heterocycles. The molecule has 0 heterocycles. The van der Waals surface area contributed by atoms with Crippen molar-refractivity contribution in [3.63, 3.8) is 0 Å². The molecule has 0 aromatic carbocycles. The fourth-order valence-electron chi connectivity index (χ4n) is 2.04. The van der Waals surface area contributed by atoms with E-state index in [0.29, 0.717) is 32.5 Å². The zero-order valence-corrected chi connectivity index (χ0v) is 14.4. The molecule has 0 aliphatic rings. The number of hydrogen-bond acceptors (Lipinski definition) is 4. The van der Waals surface area contributed by atoms with Crippen LogP contribution in [-0.2, 0) is 14.3 Å². The van der Waals surface area contributed by atoms with Crippen LogP contribution in [0.15, 0.2) is 0 Å². The number of ether oxygens (including phenoxy) is 1. The van der Waals surface area contributed by atoms with Crippen LogP contribution in [0.4, 0.5) is 4.79 Å². The molecule has 0 aromatic heterocycles. The summed E-state index contributed by atoms with van der Waals surface area (Å²) in [5.74, 6) is 0.0999. The van der Waals surface area contributed by atoms with Gasteiger partial charge in [0, 0.05) is 32.5 Å². The fraction of sp³-hybridized carbons (Fsp3) is 0.812. The average molecular weight is 329 g/mol. The van der Waals surface area contributed by atoms with Gasteiger partial charge in [-0.1, -0.05) is 12.8 Å². The number of alkyl carbamates (subject to hydrolysis) is 1. The quantitative estimate of drug-likeness (QED) is 0.448. The van der Waals surface area contributed by atoms with Crippen molar-refractivity contribution in [3.05, 3.63) is 0 Å². The second kappa shape index (κ2) is 15.1. The molecule has 0 aromatic rings. The Kier molecular flexibility index (Phi) is 13.9. The van der Waals surface area contributed by atoms with Gasteiger partial charge in [-0.3, -0.25) is 9.59 Å². The van der Waals surface area contributed by atoms with Gasteiger partial charge < -0.3 is 20.7 Å². The zero-order valence-electron chi connectivity index (χ0n) is 14.4. The number of hydrogen-bond donors (Lipinski definition) is 3. The predicted molar refractivity (Wildman–Crippen MR) is 89.0 cm³/mol. The lowest BCUT2D eigenvalue weighted by Crippen LogP contribution is -2.25. The van der Waals surface area contributed by atoms with Crippen molar-refractivity contribution in [3.8, 4) is 0 Å². The van der Waals surface area contributed by atoms with E-state index in [0.717, 1.165) is 38.5 Å². The van der Waals surface area contributed by atoms with Gasteiger partial charge in [-0.2, -0.15) is 0 Å². The summed E-state index contributed by atoms with van der Waals surface area (Å²) >= 11 is 0. The average Bonchev–Trinajstić information content (AvgIpc) is 2.54. The van der Waals surface area contributed by atoms with Crippen LogP contribution in [0.1, 0.15) is 58.3 Å². The first-order valence-electron chi connectivity index (χ1n) is 8.45. The largest absolute Gasteiger partial charge is 0.453 e. The van der Waals surface area contributed by atoms with E-state index in [4.69, 9.17) is 0 Å². The monoisotopic (exact) mass is 329 g/mol. The van der Waals surface area contributed by atoms with Gasteiger partial charge in [0.25, 0.3) is 0 Å². The van der Waals surface area contributed by atoms with E-state index < -0.39 is 6.09 Å². The maximum absolute atomic E-state index is 11.6. The van der Waals surface area contributed by atoms with Crippen LogP contribution in [0.25, 0.3) is 0 Å². The number of rotatable bonds is 13. The molecule has 134 valence electrons. The van der Waals surface area contributed by atoms with Gasteiger partial charge in [-0.15, -0.1) is 0 Å². The van der Waals surface area contributed by atoms with Crippen molar-refractivity contribution in [1.82, 2.24) is 16.0 Å². The highest BCUT2D eigenvalue weighted by Gasteiger charge is 2.03. The third-order valence-electron chi connectivity index (χ3n) is 3.31. The Morgan fingerprint density at radius 2 is 1.26 bits per heavy atom. The maximum Gasteiger partial charge on any atom is 0.406 e. The van der Waals surface area contributed by atoms with Crippen LogP contribution in [0.2, 0.25) is 0 Å². The lowest BCUT2D eigenvalue weighted by Gasteiger charge is -2.06. The smallest absolute Gasteiger partial charge is 0.406 e. The first-order valence-corrected chi connectivity index (χ1v) is 8.45. The number of carbonyl (C=O) groups is 3.